The number of hydrogen-bond donors (Lipinski definition) is 2. The minimum Gasteiger partial charge on any atom is -0.458 e. The van der Waals surface area contributed by atoms with Crippen LogP contribution in [-0.4, -0.2) is 157 Å². The molecule has 4 aliphatic rings. The molecule has 1 aromatic rings. The van der Waals surface area contributed by atoms with E-state index in [4.69, 9.17) is 49.5 Å². The van der Waals surface area contributed by atoms with Crippen LogP contribution in [0.15, 0.2) is 24.3 Å². The smallest absolute Gasteiger partial charge is 0.410 e. The van der Waals surface area contributed by atoms with Crippen LogP contribution in [0.25, 0.3) is 0 Å². The number of cyclic esters (lactones) is 1. The van der Waals surface area contributed by atoms with Gasteiger partial charge >= 0.3 is 12.1 Å². The Bertz CT molecular complexity index is 1720. The van der Waals surface area contributed by atoms with Crippen molar-refractivity contribution >= 4 is 29.4 Å². The Hall–Kier alpha value is -2.44. The summed E-state index contributed by atoms with van der Waals surface area (Å²) in [6.07, 6.45) is -7.03. The van der Waals surface area contributed by atoms with E-state index in [-0.39, 0.29) is 43.7 Å². The lowest BCUT2D eigenvalue weighted by Crippen LogP contribution is -2.61. The van der Waals surface area contributed by atoms with E-state index in [1.807, 2.05) is 65.7 Å². The molecular weight excluding hydrogens is 836 g/mol. The van der Waals surface area contributed by atoms with E-state index in [2.05, 4.69) is 0 Å². The zero-order valence-electron chi connectivity index (χ0n) is 39.9. The Labute approximate surface area is 379 Å². The summed E-state index contributed by atoms with van der Waals surface area (Å²) in [6.45, 7) is 18.4. The van der Waals surface area contributed by atoms with Gasteiger partial charge in [-0.15, -0.1) is 0 Å². The normalized spacial score (nSPS) is 43.3. The van der Waals surface area contributed by atoms with Gasteiger partial charge in [0, 0.05) is 56.0 Å². The van der Waals surface area contributed by atoms with Gasteiger partial charge in [0.1, 0.15) is 24.1 Å². The summed E-state index contributed by atoms with van der Waals surface area (Å²) in [5, 5.41) is 23.5. The molecule has 5 rings (SSSR count). The summed E-state index contributed by atoms with van der Waals surface area (Å²) in [5.41, 5.74) is -2.78. The van der Waals surface area contributed by atoms with E-state index in [9.17, 15) is 24.6 Å². The second kappa shape index (κ2) is 20.6. The lowest BCUT2D eigenvalue weighted by molar-refractivity contribution is -0.319. The molecule has 4 aliphatic heterocycles. The van der Waals surface area contributed by atoms with Gasteiger partial charge in [0.15, 0.2) is 18.2 Å². The van der Waals surface area contributed by atoms with Crippen LogP contribution in [0.1, 0.15) is 100 Å². The summed E-state index contributed by atoms with van der Waals surface area (Å²) >= 11 is 6.17. The van der Waals surface area contributed by atoms with Crippen molar-refractivity contribution in [3.8, 4) is 0 Å². The molecule has 0 bridgehead atoms. The summed E-state index contributed by atoms with van der Waals surface area (Å²) in [5.74, 6) is -3.92. The fraction of sp³-hybridized carbons (Fsp3) is 0.809. The number of likely N-dealkylation sites (N-methyl/N-ethyl adjacent to an activating group) is 1. The Balaban J connectivity index is 1.63. The third-order valence-electron chi connectivity index (χ3n) is 14.7. The number of ketones is 1. The quantitative estimate of drug-likeness (QED) is 0.255. The minimum absolute atomic E-state index is 0.127. The predicted octanol–water partition coefficient (Wildman–Crippen LogP) is 5.80. The zero-order valence-corrected chi connectivity index (χ0v) is 40.6. The summed E-state index contributed by atoms with van der Waals surface area (Å²) in [7, 11) is 6.85. The molecule has 0 spiro atoms. The number of Topliss-reactive ketones (excluding diaryl/α,β-unsaturated/α-hetero) is 1. The van der Waals surface area contributed by atoms with Crippen LogP contribution < -0.4 is 0 Å². The maximum Gasteiger partial charge on any atom is 0.410 e. The molecule has 4 heterocycles. The first-order chi connectivity index (χ1) is 29.4. The highest BCUT2D eigenvalue weighted by molar-refractivity contribution is 6.30. The molecule has 1 amide bonds. The summed E-state index contributed by atoms with van der Waals surface area (Å²) in [6, 6.07) is 6.25. The van der Waals surface area contributed by atoms with Crippen molar-refractivity contribution in [3.05, 3.63) is 34.9 Å². The molecule has 1 aromatic carbocycles. The first-order valence-electron chi connectivity index (χ1n) is 22.7. The Morgan fingerprint density at radius 3 is 2.11 bits per heavy atom. The highest BCUT2D eigenvalue weighted by Gasteiger charge is 2.61. The second-order valence-corrected chi connectivity index (χ2v) is 20.0. The van der Waals surface area contributed by atoms with Gasteiger partial charge in [-0.25, -0.2) is 4.79 Å². The number of fused-ring (bicyclic) bond motifs is 1. The number of carbonyl (C=O) groups excluding carboxylic acids is 3. The van der Waals surface area contributed by atoms with Crippen LogP contribution in [0, 0.1) is 23.7 Å². The van der Waals surface area contributed by atoms with Crippen LogP contribution in [-0.2, 0) is 53.9 Å². The molecule has 0 aromatic heterocycles. The highest BCUT2D eigenvalue weighted by atomic mass is 35.5. The van der Waals surface area contributed by atoms with Gasteiger partial charge in [0.2, 0.25) is 0 Å². The Morgan fingerprint density at radius 2 is 1.52 bits per heavy atom. The molecule has 4 saturated heterocycles. The summed E-state index contributed by atoms with van der Waals surface area (Å²) in [4.78, 5) is 47.4. The van der Waals surface area contributed by atoms with Crippen LogP contribution in [0.5, 0.6) is 0 Å². The molecule has 16 heteroatoms. The number of esters is 1. The largest absolute Gasteiger partial charge is 0.458 e. The van der Waals surface area contributed by atoms with Crippen molar-refractivity contribution in [2.75, 3.05) is 34.9 Å². The van der Waals surface area contributed by atoms with E-state index in [0.29, 0.717) is 17.9 Å². The number of aliphatic hydroxyl groups is 2. The zero-order chi connectivity index (χ0) is 46.9. The molecular formula is C47H75ClN2O13. The van der Waals surface area contributed by atoms with Crippen LogP contribution in [0.2, 0.25) is 5.02 Å². The van der Waals surface area contributed by atoms with E-state index in [0.717, 1.165) is 5.56 Å². The first-order valence-corrected chi connectivity index (χ1v) is 23.1. The summed E-state index contributed by atoms with van der Waals surface area (Å²) < 4.78 is 51.4. The molecule has 4 fully saturated rings. The van der Waals surface area contributed by atoms with Crippen LogP contribution in [0.4, 0.5) is 4.79 Å². The molecule has 0 radical (unpaired) electrons. The molecule has 2 unspecified atom stereocenters. The van der Waals surface area contributed by atoms with Crippen molar-refractivity contribution in [3.63, 3.8) is 0 Å². The number of benzene rings is 1. The van der Waals surface area contributed by atoms with Crippen molar-refractivity contribution < 1.29 is 62.5 Å². The van der Waals surface area contributed by atoms with Gasteiger partial charge in [-0.05, 0) is 99.0 Å². The van der Waals surface area contributed by atoms with Gasteiger partial charge < -0.3 is 53.0 Å². The minimum atomic E-state index is -1.43. The fourth-order valence-corrected chi connectivity index (χ4v) is 10.9. The molecule has 18 atom stereocenters. The van der Waals surface area contributed by atoms with Gasteiger partial charge in [-0.2, -0.15) is 0 Å². The topological polar surface area (TPSA) is 172 Å². The van der Waals surface area contributed by atoms with E-state index < -0.39 is 108 Å². The molecule has 358 valence electrons. The number of hydrogen-bond acceptors (Lipinski definition) is 14. The number of carbonyl (C=O) groups is 3. The average molecular weight is 912 g/mol. The maximum absolute atomic E-state index is 15.0. The number of nitrogens with zero attached hydrogens (tertiary/aromatic N) is 2. The number of rotatable bonds is 11. The number of aliphatic hydroxyl groups excluding tert-OH is 2. The Morgan fingerprint density at radius 1 is 0.889 bits per heavy atom. The SMILES string of the molecule is CC[C@H]1OC(=O)[C@H](C)[C@@H](OC2C[C@@](C)(OC)[C@@H](O)[C@H](C)O2)[C@H](C)[C@@H](OC2O[C@H](C)C[C@H](N(C)C)[C@H]2O)[C@@](C)(OC)C[C@@H](C)C(=O)[C@H](C)[C@H]2N(CCc3ccc(Cl)cc3)C(=O)O[C@]12C. The fourth-order valence-electron chi connectivity index (χ4n) is 10.8. The Kier molecular flexibility index (Phi) is 16.9. The van der Waals surface area contributed by atoms with Crippen LogP contribution in [0.3, 0.4) is 0 Å². The second-order valence-electron chi connectivity index (χ2n) is 19.5. The van der Waals surface area contributed by atoms with Gasteiger partial charge in [-0.1, -0.05) is 51.4 Å². The lowest BCUT2D eigenvalue weighted by atomic mass is 9.73. The first kappa shape index (κ1) is 51.5. The van der Waals surface area contributed by atoms with Crippen LogP contribution >= 0.6 is 11.6 Å². The van der Waals surface area contributed by atoms with E-state index in [1.165, 1.54) is 7.11 Å². The third kappa shape index (κ3) is 10.7. The molecule has 0 saturated carbocycles. The van der Waals surface area contributed by atoms with Gasteiger partial charge in [0.25, 0.3) is 0 Å². The highest BCUT2D eigenvalue weighted by Crippen LogP contribution is 2.45. The average Bonchev–Trinajstić information content (AvgIpc) is 3.50. The molecule has 2 N–H and O–H groups in total. The number of methoxy groups -OCH3 is 2. The molecule has 0 aliphatic carbocycles. The lowest BCUT2D eigenvalue weighted by Gasteiger charge is -2.50. The van der Waals surface area contributed by atoms with Gasteiger partial charge in [-0.3, -0.25) is 14.5 Å². The van der Waals surface area contributed by atoms with E-state index >= 15 is 0 Å². The van der Waals surface area contributed by atoms with Crippen molar-refractivity contribution in [2.45, 2.75) is 186 Å². The number of amides is 1. The monoisotopic (exact) mass is 910 g/mol. The molecule has 15 nitrogen and oxygen atoms in total. The maximum atomic E-state index is 15.0. The van der Waals surface area contributed by atoms with Crippen molar-refractivity contribution in [1.29, 1.82) is 0 Å². The molecule has 63 heavy (non-hydrogen) atoms. The third-order valence-corrected chi connectivity index (χ3v) is 14.9. The van der Waals surface area contributed by atoms with Gasteiger partial charge in [0.05, 0.1) is 47.6 Å². The predicted molar refractivity (Wildman–Crippen MR) is 235 cm³/mol. The number of halogens is 1. The standard InChI is InChI=1S/C47H75ClN2O13/c1-15-34-47(10)39(50(44(55)63-47)21-20-31-16-18-32(48)19-17-31)27(4)36(51)25(2)23-46(9,57-14)41(62-43-37(52)33(49(11)12)22-26(3)58-43)28(5)38(29(6)42(54)60-34)61-35-24-45(8,56-13)40(53)30(7)59-35/h16-19,25-30,33-35,37-41,43,52-53H,15,20-24H2,1-14H3/t25-,26-,27+,28+,29-,30+,33+,34-,35?,37-,38+,39-,40+,41-,43?,45-,46+,47-/m1/s1. The van der Waals surface area contributed by atoms with Crippen molar-refractivity contribution in [2.24, 2.45) is 23.7 Å². The number of ether oxygens (including phenoxy) is 8. The van der Waals surface area contributed by atoms with Crippen molar-refractivity contribution in [1.82, 2.24) is 9.80 Å². The van der Waals surface area contributed by atoms with E-state index in [1.54, 1.807) is 58.8 Å².